The number of rotatable bonds is 7. The zero-order valence-corrected chi connectivity index (χ0v) is 20.0. The van der Waals surface area contributed by atoms with E-state index >= 15 is 0 Å². The van der Waals surface area contributed by atoms with Gasteiger partial charge in [0.2, 0.25) is 5.95 Å². The van der Waals surface area contributed by atoms with Gasteiger partial charge in [-0.1, -0.05) is 12.1 Å². The summed E-state index contributed by atoms with van der Waals surface area (Å²) in [7, 11) is 1.59. The van der Waals surface area contributed by atoms with Gasteiger partial charge in [0.05, 0.1) is 31.0 Å². The van der Waals surface area contributed by atoms with Crippen LogP contribution in [0.15, 0.2) is 53.5 Å². The number of anilines is 2. The number of nitrogens with zero attached hydrogens (tertiary/aromatic N) is 4. The second-order valence-corrected chi connectivity index (χ2v) is 8.72. The lowest BCUT2D eigenvalue weighted by molar-refractivity contribution is 0.244. The lowest BCUT2D eigenvalue weighted by Gasteiger charge is -2.29. The van der Waals surface area contributed by atoms with Gasteiger partial charge in [0.1, 0.15) is 22.7 Å². The van der Waals surface area contributed by atoms with Crippen LogP contribution in [0, 0.1) is 0 Å². The van der Waals surface area contributed by atoms with Crippen LogP contribution in [0.25, 0.3) is 10.9 Å². The van der Waals surface area contributed by atoms with Gasteiger partial charge in [-0.15, -0.1) is 0 Å². The molecular weight excluding hydrogens is 444 g/mol. The first kappa shape index (κ1) is 22.6. The second kappa shape index (κ2) is 9.61. The van der Waals surface area contributed by atoms with Gasteiger partial charge in [-0.25, -0.2) is 9.97 Å². The number of nitrogens with one attached hydrogen (secondary N) is 2. The molecule has 0 fully saturated rings. The zero-order chi connectivity index (χ0) is 24.4. The molecule has 0 radical (unpaired) electrons. The van der Waals surface area contributed by atoms with Gasteiger partial charge in [0.25, 0.3) is 5.56 Å². The van der Waals surface area contributed by atoms with E-state index < -0.39 is 0 Å². The van der Waals surface area contributed by atoms with Crippen LogP contribution in [0.5, 0.6) is 11.5 Å². The summed E-state index contributed by atoms with van der Waals surface area (Å²) in [5, 5.41) is 3.76. The molecule has 2 N–H and O–H groups in total. The molecule has 0 spiro atoms. The van der Waals surface area contributed by atoms with E-state index in [0.717, 1.165) is 29.2 Å². The zero-order valence-electron chi connectivity index (χ0n) is 20.0. The molecule has 180 valence electrons. The lowest BCUT2D eigenvalue weighted by atomic mass is 10.1. The van der Waals surface area contributed by atoms with Crippen molar-refractivity contribution in [2.24, 2.45) is 0 Å². The fourth-order valence-corrected chi connectivity index (χ4v) is 4.19. The molecule has 0 unspecified atom stereocenters. The van der Waals surface area contributed by atoms with Gasteiger partial charge in [-0.05, 0) is 37.6 Å². The third-order valence-corrected chi connectivity index (χ3v) is 5.86. The van der Waals surface area contributed by atoms with E-state index in [0.29, 0.717) is 48.0 Å². The molecule has 35 heavy (non-hydrogen) atoms. The number of H-pyrrole nitrogens is 1. The van der Waals surface area contributed by atoms with Crippen LogP contribution >= 0.6 is 0 Å². The topological polar surface area (TPSA) is 105 Å². The fraction of sp³-hybridized carbons (Fsp3) is 0.308. The highest BCUT2D eigenvalue weighted by Gasteiger charge is 2.22. The largest absolute Gasteiger partial charge is 0.497 e. The third-order valence-electron chi connectivity index (χ3n) is 5.86. The Labute approximate surface area is 203 Å². The van der Waals surface area contributed by atoms with Crippen molar-refractivity contribution >= 4 is 22.7 Å². The van der Waals surface area contributed by atoms with Crippen LogP contribution < -0.4 is 25.2 Å². The number of aromatic nitrogens is 4. The predicted octanol–water partition coefficient (Wildman–Crippen LogP) is 3.68. The molecular formula is C26H28N6O3. The summed E-state index contributed by atoms with van der Waals surface area (Å²) in [6.45, 7) is 5.75. The minimum atomic E-state index is -0.235. The molecule has 4 heterocycles. The number of ether oxygens (including phenoxy) is 2. The maximum absolute atomic E-state index is 13.1. The minimum Gasteiger partial charge on any atom is -0.497 e. The van der Waals surface area contributed by atoms with Gasteiger partial charge >= 0.3 is 0 Å². The van der Waals surface area contributed by atoms with Crippen molar-refractivity contribution in [3.8, 4) is 11.5 Å². The highest BCUT2D eigenvalue weighted by molar-refractivity contribution is 5.86. The molecule has 4 aromatic rings. The van der Waals surface area contributed by atoms with Crippen LogP contribution in [-0.4, -0.2) is 39.7 Å². The molecule has 0 bridgehead atoms. The Balaban J connectivity index is 1.38. The summed E-state index contributed by atoms with van der Waals surface area (Å²) in [6, 6.07) is 13.4. The summed E-state index contributed by atoms with van der Waals surface area (Å²) >= 11 is 0. The molecule has 0 saturated heterocycles. The first-order valence-corrected chi connectivity index (χ1v) is 11.7. The average molecular weight is 473 g/mol. The van der Waals surface area contributed by atoms with Gasteiger partial charge < -0.3 is 19.7 Å². The van der Waals surface area contributed by atoms with Crippen LogP contribution in [0.1, 0.15) is 30.8 Å². The monoisotopic (exact) mass is 472 g/mol. The summed E-state index contributed by atoms with van der Waals surface area (Å²) < 4.78 is 11.3. The van der Waals surface area contributed by atoms with Gasteiger partial charge in [0.15, 0.2) is 0 Å². The summed E-state index contributed by atoms with van der Waals surface area (Å²) in [5.41, 5.74) is 3.42. The maximum atomic E-state index is 13.1. The number of pyridine rings is 2. The van der Waals surface area contributed by atoms with E-state index in [-0.39, 0.29) is 11.7 Å². The van der Waals surface area contributed by atoms with Gasteiger partial charge in [0, 0.05) is 43.5 Å². The molecule has 9 heteroatoms. The van der Waals surface area contributed by atoms with Crippen LogP contribution in [0.4, 0.5) is 11.8 Å². The van der Waals surface area contributed by atoms with Crippen molar-refractivity contribution in [3.63, 3.8) is 0 Å². The standard InChI is InChI=1S/C26H28N6O3/c1-16(2)35-22-13-19(34-3)12-21-24(22)25(33)31-26(30-21)32-11-9-20-17(15-32)7-8-23(29-20)28-14-18-6-4-5-10-27-18/h4-8,10,12-13,16H,9,11,14-15H2,1-3H3,(H,28,29)(H,30,31,33). The number of benzene rings is 1. The van der Waals surface area contributed by atoms with E-state index in [4.69, 9.17) is 19.4 Å². The lowest BCUT2D eigenvalue weighted by Crippen LogP contribution is -2.33. The smallest absolute Gasteiger partial charge is 0.263 e. The van der Waals surface area contributed by atoms with Crippen molar-refractivity contribution < 1.29 is 9.47 Å². The number of aromatic amines is 1. The molecule has 1 aliphatic heterocycles. The number of methoxy groups -OCH3 is 1. The molecule has 1 aromatic carbocycles. The molecule has 1 aliphatic rings. The Morgan fingerprint density at radius 2 is 2.06 bits per heavy atom. The van der Waals surface area contributed by atoms with Crippen molar-refractivity contribution in [2.75, 3.05) is 23.9 Å². The first-order chi connectivity index (χ1) is 17.0. The summed E-state index contributed by atoms with van der Waals surface area (Å²) in [4.78, 5) is 32.0. The quantitative estimate of drug-likeness (QED) is 0.420. The Hall–Kier alpha value is -4.14. The molecule has 9 nitrogen and oxygen atoms in total. The Bertz CT molecular complexity index is 1400. The molecule has 0 atom stereocenters. The van der Waals surface area contributed by atoms with Crippen LogP contribution in [0.2, 0.25) is 0 Å². The van der Waals surface area contributed by atoms with E-state index in [1.54, 1.807) is 25.4 Å². The average Bonchev–Trinajstić information content (AvgIpc) is 2.86. The summed E-state index contributed by atoms with van der Waals surface area (Å²) in [5.74, 6) is 2.41. The fourth-order valence-electron chi connectivity index (χ4n) is 4.19. The van der Waals surface area contributed by atoms with E-state index in [9.17, 15) is 4.79 Å². The SMILES string of the molecule is COc1cc(OC(C)C)c2c(=O)[nH]c(N3CCc4nc(NCc5ccccn5)ccc4C3)nc2c1. The summed E-state index contributed by atoms with van der Waals surface area (Å²) in [6.07, 6.45) is 2.44. The molecule has 0 amide bonds. The van der Waals surface area contributed by atoms with Crippen molar-refractivity contribution in [1.82, 2.24) is 19.9 Å². The molecule has 5 rings (SSSR count). The number of fused-ring (bicyclic) bond motifs is 2. The molecule has 3 aromatic heterocycles. The minimum absolute atomic E-state index is 0.0844. The van der Waals surface area contributed by atoms with E-state index in [1.165, 1.54) is 0 Å². The van der Waals surface area contributed by atoms with Gasteiger partial charge in [-0.2, -0.15) is 0 Å². The van der Waals surface area contributed by atoms with E-state index in [2.05, 4.69) is 26.3 Å². The predicted molar refractivity (Wildman–Crippen MR) is 135 cm³/mol. The Morgan fingerprint density at radius 1 is 1.17 bits per heavy atom. The highest BCUT2D eigenvalue weighted by atomic mass is 16.5. The van der Waals surface area contributed by atoms with Crippen molar-refractivity contribution in [1.29, 1.82) is 0 Å². The van der Waals surface area contributed by atoms with E-state index in [1.807, 2.05) is 38.1 Å². The normalized spacial score (nSPS) is 13.1. The van der Waals surface area contributed by atoms with Gasteiger partial charge in [-0.3, -0.25) is 14.8 Å². The second-order valence-electron chi connectivity index (χ2n) is 8.72. The molecule has 0 saturated carbocycles. The van der Waals surface area contributed by atoms with Crippen LogP contribution in [0.3, 0.4) is 0 Å². The van der Waals surface area contributed by atoms with Crippen molar-refractivity contribution in [3.05, 3.63) is 76.0 Å². The Morgan fingerprint density at radius 3 is 2.83 bits per heavy atom. The highest BCUT2D eigenvalue weighted by Crippen LogP contribution is 2.30. The molecule has 0 aliphatic carbocycles. The van der Waals surface area contributed by atoms with Crippen molar-refractivity contribution in [2.45, 2.75) is 39.5 Å². The first-order valence-electron chi connectivity index (χ1n) is 11.7. The maximum Gasteiger partial charge on any atom is 0.263 e. The van der Waals surface area contributed by atoms with Crippen LogP contribution in [-0.2, 0) is 19.5 Å². The number of hydrogen-bond donors (Lipinski definition) is 2. The third kappa shape index (κ3) is 4.89. The number of hydrogen-bond acceptors (Lipinski definition) is 8. The Kier molecular flexibility index (Phi) is 6.22.